The van der Waals surface area contributed by atoms with Crippen molar-refractivity contribution in [3.8, 4) is 0 Å². The number of nitrogens with one attached hydrogen (secondary N) is 1. The van der Waals surface area contributed by atoms with Crippen LogP contribution in [-0.2, 0) is 4.79 Å². The zero-order valence-corrected chi connectivity index (χ0v) is 12.0. The molecule has 1 amide bonds. The minimum absolute atomic E-state index is 0.0984. The molecule has 1 aromatic carbocycles. The Kier molecular flexibility index (Phi) is 4.31. The summed E-state index contributed by atoms with van der Waals surface area (Å²) in [5, 5.41) is 3.94. The van der Waals surface area contributed by atoms with Crippen LogP contribution >= 0.6 is 0 Å². The molecule has 0 saturated heterocycles. The van der Waals surface area contributed by atoms with Gasteiger partial charge in [-0.3, -0.25) is 9.78 Å². The van der Waals surface area contributed by atoms with Crippen LogP contribution in [0.2, 0.25) is 0 Å². The maximum absolute atomic E-state index is 12.2. The van der Waals surface area contributed by atoms with Crippen LogP contribution in [0.1, 0.15) is 20.8 Å². The van der Waals surface area contributed by atoms with Gasteiger partial charge in [-0.2, -0.15) is 0 Å². The van der Waals surface area contributed by atoms with Crippen LogP contribution in [0.4, 0.5) is 5.69 Å². The summed E-state index contributed by atoms with van der Waals surface area (Å²) in [6.45, 7) is 5.68. The molecule has 1 N–H and O–H groups in total. The highest BCUT2D eigenvalue weighted by atomic mass is 16.1. The SMILES string of the molecule is C/C=C\C(C)=C(\C)C(=O)Nc1cccc2cccnc12. The summed E-state index contributed by atoms with van der Waals surface area (Å²) in [4.78, 5) is 16.6. The predicted octanol–water partition coefficient (Wildman–Crippen LogP) is 4.09. The number of allylic oxidation sites excluding steroid dienone is 3. The Bertz CT molecular complexity index is 694. The minimum atomic E-state index is -0.0984. The van der Waals surface area contributed by atoms with E-state index < -0.39 is 0 Å². The van der Waals surface area contributed by atoms with E-state index in [0.29, 0.717) is 5.57 Å². The molecule has 0 radical (unpaired) electrons. The highest BCUT2D eigenvalue weighted by Gasteiger charge is 2.09. The molecular formula is C17H18N2O. The van der Waals surface area contributed by atoms with E-state index >= 15 is 0 Å². The van der Waals surface area contributed by atoms with Gasteiger partial charge in [0.15, 0.2) is 0 Å². The number of fused-ring (bicyclic) bond motifs is 1. The Morgan fingerprint density at radius 1 is 1.20 bits per heavy atom. The van der Waals surface area contributed by atoms with Gasteiger partial charge in [-0.05, 0) is 38.5 Å². The molecular weight excluding hydrogens is 248 g/mol. The van der Waals surface area contributed by atoms with Crippen LogP contribution in [0.25, 0.3) is 10.9 Å². The molecule has 3 nitrogen and oxygen atoms in total. The van der Waals surface area contributed by atoms with Gasteiger partial charge >= 0.3 is 0 Å². The summed E-state index contributed by atoms with van der Waals surface area (Å²) in [6.07, 6.45) is 5.58. The molecule has 1 aromatic heterocycles. The summed E-state index contributed by atoms with van der Waals surface area (Å²) in [5.41, 5.74) is 3.20. The monoisotopic (exact) mass is 266 g/mol. The average molecular weight is 266 g/mol. The molecule has 0 atom stereocenters. The number of aromatic nitrogens is 1. The molecule has 0 bridgehead atoms. The number of amides is 1. The third-order valence-corrected chi connectivity index (χ3v) is 3.23. The van der Waals surface area contributed by atoms with E-state index in [9.17, 15) is 4.79 Å². The van der Waals surface area contributed by atoms with Crippen molar-refractivity contribution in [2.75, 3.05) is 5.32 Å². The van der Waals surface area contributed by atoms with Crippen molar-refractivity contribution >= 4 is 22.5 Å². The minimum Gasteiger partial charge on any atom is -0.320 e. The van der Waals surface area contributed by atoms with Gasteiger partial charge < -0.3 is 5.32 Å². The smallest absolute Gasteiger partial charge is 0.251 e. The van der Waals surface area contributed by atoms with Crippen LogP contribution in [0.15, 0.2) is 59.8 Å². The fraction of sp³-hybridized carbons (Fsp3) is 0.176. The quantitative estimate of drug-likeness (QED) is 0.671. The Hall–Kier alpha value is -2.42. The summed E-state index contributed by atoms with van der Waals surface area (Å²) in [5.74, 6) is -0.0984. The number of rotatable bonds is 3. The van der Waals surface area contributed by atoms with Gasteiger partial charge in [0.2, 0.25) is 0 Å². The van der Waals surface area contributed by atoms with Crippen molar-refractivity contribution < 1.29 is 4.79 Å². The number of hydrogen-bond donors (Lipinski definition) is 1. The van der Waals surface area contributed by atoms with Gasteiger partial charge in [0, 0.05) is 17.2 Å². The molecule has 102 valence electrons. The first-order valence-electron chi connectivity index (χ1n) is 6.58. The molecule has 0 aliphatic carbocycles. The number of benzene rings is 1. The molecule has 0 aliphatic rings. The Labute approximate surface area is 119 Å². The highest BCUT2D eigenvalue weighted by Crippen LogP contribution is 2.21. The van der Waals surface area contributed by atoms with E-state index in [2.05, 4.69) is 10.3 Å². The van der Waals surface area contributed by atoms with Gasteiger partial charge in [0.05, 0.1) is 11.2 Å². The number of carbonyl (C=O) groups excluding carboxylic acids is 1. The molecule has 0 fully saturated rings. The summed E-state index contributed by atoms with van der Waals surface area (Å²) < 4.78 is 0. The van der Waals surface area contributed by atoms with Crippen LogP contribution in [0, 0.1) is 0 Å². The van der Waals surface area contributed by atoms with Crippen molar-refractivity contribution in [2.45, 2.75) is 20.8 Å². The van der Waals surface area contributed by atoms with Crippen molar-refractivity contribution in [1.29, 1.82) is 0 Å². The largest absolute Gasteiger partial charge is 0.320 e. The molecule has 0 aliphatic heterocycles. The maximum Gasteiger partial charge on any atom is 0.251 e. The standard InChI is InChI=1S/C17H18N2O/c1-4-7-12(2)13(3)17(20)19-15-10-5-8-14-9-6-11-18-16(14)15/h4-11H,1-3H3,(H,19,20)/b7-4-,13-12-. The fourth-order valence-electron chi connectivity index (χ4n) is 1.98. The van der Waals surface area contributed by atoms with Crippen molar-refractivity contribution in [3.63, 3.8) is 0 Å². The number of carbonyl (C=O) groups is 1. The zero-order valence-electron chi connectivity index (χ0n) is 12.0. The molecule has 0 saturated carbocycles. The normalized spacial score (nSPS) is 12.6. The van der Waals surface area contributed by atoms with E-state index in [-0.39, 0.29) is 5.91 Å². The zero-order chi connectivity index (χ0) is 14.5. The number of anilines is 1. The van der Waals surface area contributed by atoms with Crippen LogP contribution < -0.4 is 5.32 Å². The average Bonchev–Trinajstić information content (AvgIpc) is 2.47. The lowest BCUT2D eigenvalue weighted by molar-refractivity contribution is -0.112. The molecule has 1 heterocycles. The summed E-state index contributed by atoms with van der Waals surface area (Å²) in [6, 6.07) is 9.62. The number of nitrogens with zero attached hydrogens (tertiary/aromatic N) is 1. The van der Waals surface area contributed by atoms with E-state index in [1.165, 1.54) is 0 Å². The first kappa shape index (κ1) is 14.0. The Morgan fingerprint density at radius 3 is 2.70 bits per heavy atom. The molecule has 2 rings (SSSR count). The summed E-state index contributed by atoms with van der Waals surface area (Å²) >= 11 is 0. The molecule has 2 aromatic rings. The van der Waals surface area contributed by atoms with Gasteiger partial charge in [-0.15, -0.1) is 0 Å². The van der Waals surface area contributed by atoms with Gasteiger partial charge in [0.1, 0.15) is 0 Å². The topological polar surface area (TPSA) is 42.0 Å². The van der Waals surface area contributed by atoms with Gasteiger partial charge in [-0.25, -0.2) is 0 Å². The molecule has 0 unspecified atom stereocenters. The van der Waals surface area contributed by atoms with Crippen LogP contribution in [0.5, 0.6) is 0 Å². The van der Waals surface area contributed by atoms with E-state index in [0.717, 1.165) is 22.2 Å². The van der Waals surface area contributed by atoms with E-state index in [1.54, 1.807) is 6.20 Å². The highest BCUT2D eigenvalue weighted by molar-refractivity contribution is 6.08. The number of para-hydroxylation sites is 1. The molecule has 3 heteroatoms. The second-order valence-electron chi connectivity index (χ2n) is 4.64. The molecule has 0 spiro atoms. The lowest BCUT2D eigenvalue weighted by Crippen LogP contribution is -2.14. The van der Waals surface area contributed by atoms with Crippen molar-refractivity contribution in [2.24, 2.45) is 0 Å². The van der Waals surface area contributed by atoms with Crippen molar-refractivity contribution in [3.05, 3.63) is 59.8 Å². The van der Waals surface area contributed by atoms with E-state index in [4.69, 9.17) is 0 Å². The van der Waals surface area contributed by atoms with Crippen molar-refractivity contribution in [1.82, 2.24) is 4.98 Å². The van der Waals surface area contributed by atoms with E-state index in [1.807, 2.05) is 63.3 Å². The third kappa shape index (κ3) is 2.94. The molecule has 20 heavy (non-hydrogen) atoms. The Morgan fingerprint density at radius 2 is 1.95 bits per heavy atom. The van der Waals surface area contributed by atoms with Gasteiger partial charge in [-0.1, -0.05) is 30.4 Å². The summed E-state index contributed by atoms with van der Waals surface area (Å²) in [7, 11) is 0. The van der Waals surface area contributed by atoms with Crippen LogP contribution in [0.3, 0.4) is 0 Å². The first-order valence-corrected chi connectivity index (χ1v) is 6.58. The number of hydrogen-bond acceptors (Lipinski definition) is 2. The second-order valence-corrected chi connectivity index (χ2v) is 4.64. The lowest BCUT2D eigenvalue weighted by Gasteiger charge is -2.09. The lowest BCUT2D eigenvalue weighted by atomic mass is 10.1. The number of pyridine rings is 1. The second kappa shape index (κ2) is 6.15. The third-order valence-electron chi connectivity index (χ3n) is 3.23. The predicted molar refractivity (Wildman–Crippen MR) is 83.6 cm³/mol. The maximum atomic E-state index is 12.2. The Balaban J connectivity index is 2.33. The van der Waals surface area contributed by atoms with Crippen LogP contribution in [-0.4, -0.2) is 10.9 Å². The van der Waals surface area contributed by atoms with Gasteiger partial charge in [0.25, 0.3) is 5.91 Å². The first-order chi connectivity index (χ1) is 9.63. The fourth-order valence-corrected chi connectivity index (χ4v) is 1.98.